The Hall–Kier alpha value is -1.42. The number of aryl methyl sites for hydroxylation is 1. The molecule has 1 saturated carbocycles. The number of carbonyl (C=O) groups excluding carboxylic acids is 1. The fourth-order valence-electron chi connectivity index (χ4n) is 2.80. The van der Waals surface area contributed by atoms with Gasteiger partial charge in [-0.15, -0.1) is 0 Å². The van der Waals surface area contributed by atoms with E-state index in [1.54, 1.807) is 0 Å². The van der Waals surface area contributed by atoms with Crippen molar-refractivity contribution >= 4 is 23.1 Å². The molecule has 1 amide bonds. The number of benzene rings is 1. The van der Waals surface area contributed by atoms with E-state index in [0.717, 1.165) is 31.2 Å². The van der Waals surface area contributed by atoms with Crippen LogP contribution in [0.25, 0.3) is 0 Å². The first kappa shape index (κ1) is 15.0. The third-order valence-electron chi connectivity index (χ3n) is 4.34. The van der Waals surface area contributed by atoms with Gasteiger partial charge in [0, 0.05) is 5.56 Å². The second-order valence-electron chi connectivity index (χ2n) is 5.90. The predicted molar refractivity (Wildman–Crippen MR) is 85.8 cm³/mol. The van der Waals surface area contributed by atoms with Crippen molar-refractivity contribution in [3.63, 3.8) is 0 Å². The quantitative estimate of drug-likeness (QED) is 0.842. The molecule has 108 valence electrons. The van der Waals surface area contributed by atoms with E-state index < -0.39 is 5.54 Å². The molecule has 0 heterocycles. The Bertz CT molecular complexity index is 519. The zero-order valence-electron chi connectivity index (χ0n) is 12.1. The number of nitrogens with one attached hydrogen (secondary N) is 1. The van der Waals surface area contributed by atoms with Crippen molar-refractivity contribution in [1.29, 1.82) is 0 Å². The van der Waals surface area contributed by atoms with Crippen LogP contribution in [0.15, 0.2) is 24.3 Å². The van der Waals surface area contributed by atoms with Gasteiger partial charge in [-0.1, -0.05) is 37.3 Å². The number of carbonyl (C=O) groups is 1. The third-order valence-corrected chi connectivity index (χ3v) is 4.73. The van der Waals surface area contributed by atoms with E-state index in [9.17, 15) is 4.79 Å². The fourth-order valence-corrected chi connectivity index (χ4v) is 3.06. The van der Waals surface area contributed by atoms with E-state index in [4.69, 9.17) is 18.0 Å². The average Bonchev–Trinajstić information content (AvgIpc) is 2.41. The fraction of sp³-hybridized carbons (Fsp3) is 0.500. The number of hydrogen-bond donors (Lipinski definition) is 2. The molecule has 0 atom stereocenters. The van der Waals surface area contributed by atoms with E-state index in [1.165, 1.54) is 0 Å². The van der Waals surface area contributed by atoms with Gasteiger partial charge in [0.25, 0.3) is 5.91 Å². The highest BCUT2D eigenvalue weighted by Crippen LogP contribution is 2.32. The Morgan fingerprint density at radius 1 is 1.35 bits per heavy atom. The second kappa shape index (κ2) is 5.92. The minimum Gasteiger partial charge on any atom is -0.391 e. The Kier molecular flexibility index (Phi) is 4.43. The summed E-state index contributed by atoms with van der Waals surface area (Å²) in [4.78, 5) is 12.9. The first-order chi connectivity index (χ1) is 9.44. The lowest BCUT2D eigenvalue weighted by molar-refractivity contribution is 0.0900. The standard InChI is InChI=1S/C16H22N2OS/c1-11-7-9-16(10-8-11,15(17)20)18-14(19)13-6-4-3-5-12(13)2/h3-6,11H,7-10H2,1-2H3,(H2,17,20)(H,18,19). The van der Waals surface area contributed by atoms with E-state index >= 15 is 0 Å². The highest BCUT2D eigenvalue weighted by molar-refractivity contribution is 7.80. The molecular formula is C16H22N2OS. The summed E-state index contributed by atoms with van der Waals surface area (Å²) in [6.07, 6.45) is 3.76. The maximum atomic E-state index is 12.5. The van der Waals surface area contributed by atoms with Crippen molar-refractivity contribution in [2.24, 2.45) is 11.7 Å². The third kappa shape index (κ3) is 3.01. The Labute approximate surface area is 125 Å². The summed E-state index contributed by atoms with van der Waals surface area (Å²) in [5.41, 5.74) is 7.08. The zero-order chi connectivity index (χ0) is 14.8. The Morgan fingerprint density at radius 2 is 1.95 bits per heavy atom. The number of rotatable bonds is 3. The van der Waals surface area contributed by atoms with E-state index in [0.29, 0.717) is 16.5 Å². The van der Waals surface area contributed by atoms with Crippen molar-refractivity contribution in [2.75, 3.05) is 0 Å². The van der Waals surface area contributed by atoms with Crippen molar-refractivity contribution in [3.05, 3.63) is 35.4 Å². The summed E-state index contributed by atoms with van der Waals surface area (Å²) in [6.45, 7) is 4.16. The smallest absolute Gasteiger partial charge is 0.252 e. The van der Waals surface area contributed by atoms with Gasteiger partial charge in [-0.2, -0.15) is 0 Å². The van der Waals surface area contributed by atoms with Gasteiger partial charge in [-0.25, -0.2) is 0 Å². The SMILES string of the molecule is Cc1ccccc1C(=O)NC1(C(N)=S)CCC(C)CC1. The minimum absolute atomic E-state index is 0.0783. The zero-order valence-corrected chi connectivity index (χ0v) is 12.9. The molecule has 0 spiro atoms. The molecule has 1 aliphatic carbocycles. The van der Waals surface area contributed by atoms with Crippen LogP contribution in [-0.2, 0) is 0 Å². The summed E-state index contributed by atoms with van der Waals surface area (Å²) in [5, 5.41) is 3.10. The van der Waals surface area contributed by atoms with Crippen LogP contribution in [0.5, 0.6) is 0 Å². The molecule has 3 nitrogen and oxygen atoms in total. The van der Waals surface area contributed by atoms with Gasteiger partial charge >= 0.3 is 0 Å². The predicted octanol–water partition coefficient (Wildman–Crippen LogP) is 2.96. The Balaban J connectivity index is 2.19. The normalized spacial score (nSPS) is 26.0. The van der Waals surface area contributed by atoms with Gasteiger partial charge in [0.2, 0.25) is 0 Å². The topological polar surface area (TPSA) is 55.1 Å². The minimum atomic E-state index is -0.513. The van der Waals surface area contributed by atoms with Gasteiger partial charge < -0.3 is 11.1 Å². The van der Waals surface area contributed by atoms with Crippen molar-refractivity contribution in [3.8, 4) is 0 Å². The van der Waals surface area contributed by atoms with Gasteiger partial charge in [-0.05, 0) is 50.2 Å². The lowest BCUT2D eigenvalue weighted by Crippen LogP contribution is -2.58. The number of hydrogen-bond acceptors (Lipinski definition) is 2. The molecule has 1 aromatic rings. The molecule has 0 radical (unpaired) electrons. The summed E-state index contributed by atoms with van der Waals surface area (Å²) in [6, 6.07) is 7.57. The molecule has 0 aliphatic heterocycles. The van der Waals surface area contributed by atoms with Crippen LogP contribution in [0.1, 0.15) is 48.5 Å². The van der Waals surface area contributed by atoms with E-state index in [2.05, 4.69) is 12.2 Å². The molecular weight excluding hydrogens is 268 g/mol. The van der Waals surface area contributed by atoms with Crippen LogP contribution < -0.4 is 11.1 Å². The van der Waals surface area contributed by atoms with E-state index in [1.807, 2.05) is 31.2 Å². The highest BCUT2D eigenvalue weighted by atomic mass is 32.1. The maximum Gasteiger partial charge on any atom is 0.252 e. The van der Waals surface area contributed by atoms with Crippen LogP contribution in [0.2, 0.25) is 0 Å². The molecule has 1 aromatic carbocycles. The average molecular weight is 290 g/mol. The Morgan fingerprint density at radius 3 is 2.50 bits per heavy atom. The highest BCUT2D eigenvalue weighted by Gasteiger charge is 2.38. The first-order valence-electron chi connectivity index (χ1n) is 7.13. The number of amides is 1. The van der Waals surface area contributed by atoms with Crippen molar-refractivity contribution in [2.45, 2.75) is 45.1 Å². The molecule has 0 bridgehead atoms. The van der Waals surface area contributed by atoms with Crippen LogP contribution in [0.4, 0.5) is 0 Å². The molecule has 0 aromatic heterocycles. The van der Waals surface area contributed by atoms with E-state index in [-0.39, 0.29) is 5.91 Å². The lowest BCUT2D eigenvalue weighted by Gasteiger charge is -2.39. The van der Waals surface area contributed by atoms with Crippen LogP contribution >= 0.6 is 12.2 Å². The molecule has 20 heavy (non-hydrogen) atoms. The van der Waals surface area contributed by atoms with Crippen molar-refractivity contribution in [1.82, 2.24) is 5.32 Å². The second-order valence-corrected chi connectivity index (χ2v) is 6.34. The molecule has 0 unspecified atom stereocenters. The first-order valence-corrected chi connectivity index (χ1v) is 7.53. The summed E-state index contributed by atoms with van der Waals surface area (Å²) in [7, 11) is 0. The van der Waals surface area contributed by atoms with Crippen LogP contribution in [0.3, 0.4) is 0 Å². The summed E-state index contributed by atoms with van der Waals surface area (Å²) >= 11 is 5.23. The van der Waals surface area contributed by atoms with Crippen LogP contribution in [-0.4, -0.2) is 16.4 Å². The molecule has 0 saturated heterocycles. The summed E-state index contributed by atoms with van der Waals surface area (Å²) < 4.78 is 0. The number of thiocarbonyl (C=S) groups is 1. The maximum absolute atomic E-state index is 12.5. The van der Waals surface area contributed by atoms with Crippen LogP contribution in [0, 0.1) is 12.8 Å². The largest absolute Gasteiger partial charge is 0.391 e. The summed E-state index contributed by atoms with van der Waals surface area (Å²) in [5.74, 6) is 0.596. The monoisotopic (exact) mass is 290 g/mol. The molecule has 1 fully saturated rings. The molecule has 2 rings (SSSR count). The lowest BCUT2D eigenvalue weighted by atomic mass is 9.77. The van der Waals surface area contributed by atoms with Crippen molar-refractivity contribution < 1.29 is 4.79 Å². The van der Waals surface area contributed by atoms with Gasteiger partial charge in [0.15, 0.2) is 0 Å². The van der Waals surface area contributed by atoms with Gasteiger partial charge in [0.05, 0.1) is 10.5 Å². The molecule has 4 heteroatoms. The number of nitrogens with two attached hydrogens (primary N) is 1. The van der Waals surface area contributed by atoms with Gasteiger partial charge in [-0.3, -0.25) is 4.79 Å². The van der Waals surface area contributed by atoms with Gasteiger partial charge in [0.1, 0.15) is 0 Å². The molecule has 3 N–H and O–H groups in total. The molecule has 1 aliphatic rings.